The zero-order chi connectivity index (χ0) is 18.0. The summed E-state index contributed by atoms with van der Waals surface area (Å²) in [4.78, 5) is 18.2. The first-order valence-corrected chi connectivity index (χ1v) is 7.90. The van der Waals surface area contributed by atoms with Crippen LogP contribution in [0.5, 0.6) is 0 Å². The summed E-state index contributed by atoms with van der Waals surface area (Å²) in [5.41, 5.74) is 2.44. The minimum absolute atomic E-state index is 0.187. The van der Waals surface area contributed by atoms with Gasteiger partial charge in [0.05, 0.1) is 18.5 Å². The highest BCUT2D eigenvalue weighted by molar-refractivity contribution is 6.30. The standard InChI is InChI=1S/C17H14ClF3N2O2/c18-13-1-2-15-12(6-13)3-4-23(16(15)24)14-5-11(7-22-8-14)9-25-10-17(19,20)21/h1-2,5-8H,3-4,9-10H2. The van der Waals surface area contributed by atoms with Gasteiger partial charge in [-0.1, -0.05) is 11.6 Å². The van der Waals surface area contributed by atoms with Crippen LogP contribution in [0, 0.1) is 0 Å². The van der Waals surface area contributed by atoms with Crippen molar-refractivity contribution in [3.8, 4) is 0 Å². The molecule has 2 aromatic rings. The van der Waals surface area contributed by atoms with Crippen molar-refractivity contribution < 1.29 is 22.7 Å². The van der Waals surface area contributed by atoms with E-state index in [1.165, 1.54) is 12.4 Å². The van der Waals surface area contributed by atoms with E-state index in [2.05, 4.69) is 9.72 Å². The van der Waals surface area contributed by atoms with Crippen molar-refractivity contribution in [3.63, 3.8) is 0 Å². The van der Waals surface area contributed by atoms with Crippen LogP contribution in [0.3, 0.4) is 0 Å². The lowest BCUT2D eigenvalue weighted by molar-refractivity contribution is -0.176. The van der Waals surface area contributed by atoms with Gasteiger partial charge in [0.25, 0.3) is 5.91 Å². The van der Waals surface area contributed by atoms with Gasteiger partial charge in [-0.2, -0.15) is 13.2 Å². The van der Waals surface area contributed by atoms with Crippen LogP contribution in [0.15, 0.2) is 36.7 Å². The fraction of sp³-hybridized carbons (Fsp3) is 0.294. The zero-order valence-electron chi connectivity index (χ0n) is 13.0. The molecular weight excluding hydrogens is 357 g/mol. The third-order valence-electron chi connectivity index (χ3n) is 3.77. The molecule has 0 spiro atoms. The zero-order valence-corrected chi connectivity index (χ0v) is 13.8. The Morgan fingerprint density at radius 1 is 1.24 bits per heavy atom. The highest BCUT2D eigenvalue weighted by Gasteiger charge is 2.28. The molecule has 3 rings (SSSR count). The Hall–Kier alpha value is -2.12. The summed E-state index contributed by atoms with van der Waals surface area (Å²) in [6.07, 6.45) is -0.816. The Bertz CT molecular complexity index is 796. The minimum atomic E-state index is -4.38. The summed E-state index contributed by atoms with van der Waals surface area (Å²) < 4.78 is 41.1. The normalized spacial score (nSPS) is 14.6. The van der Waals surface area contributed by atoms with E-state index in [-0.39, 0.29) is 12.5 Å². The molecule has 1 aliphatic heterocycles. The van der Waals surface area contributed by atoms with Crippen LogP contribution in [0.1, 0.15) is 21.5 Å². The molecule has 25 heavy (non-hydrogen) atoms. The molecule has 2 heterocycles. The number of alkyl halides is 3. The first kappa shape index (κ1) is 17.7. The molecule has 0 bridgehead atoms. The first-order valence-electron chi connectivity index (χ1n) is 7.52. The molecule has 0 aliphatic carbocycles. The second-order valence-electron chi connectivity index (χ2n) is 5.67. The minimum Gasteiger partial charge on any atom is -0.367 e. The van der Waals surface area contributed by atoms with Gasteiger partial charge < -0.3 is 9.64 Å². The lowest BCUT2D eigenvalue weighted by Gasteiger charge is -2.28. The molecule has 0 saturated heterocycles. The number of ether oxygens (including phenoxy) is 1. The van der Waals surface area contributed by atoms with Gasteiger partial charge in [0.15, 0.2) is 0 Å². The molecule has 0 atom stereocenters. The predicted octanol–water partition coefficient (Wildman–Crippen LogP) is 4.02. The number of anilines is 1. The number of hydrogen-bond acceptors (Lipinski definition) is 3. The molecule has 132 valence electrons. The molecule has 8 heteroatoms. The van der Waals surface area contributed by atoms with E-state index < -0.39 is 12.8 Å². The molecule has 1 aromatic carbocycles. The Labute approximate surface area is 147 Å². The van der Waals surface area contributed by atoms with Crippen molar-refractivity contribution in [2.75, 3.05) is 18.1 Å². The second-order valence-corrected chi connectivity index (χ2v) is 6.10. The summed E-state index contributed by atoms with van der Waals surface area (Å²) in [5.74, 6) is -0.187. The van der Waals surface area contributed by atoms with E-state index in [1.807, 2.05) is 0 Å². The summed E-state index contributed by atoms with van der Waals surface area (Å²) in [5, 5.41) is 0.575. The second kappa shape index (κ2) is 7.01. The lowest BCUT2D eigenvalue weighted by Crippen LogP contribution is -2.37. The SMILES string of the molecule is O=C1c2ccc(Cl)cc2CCN1c1cncc(COCC(F)(F)F)c1. The number of fused-ring (bicyclic) bond motifs is 1. The third-order valence-corrected chi connectivity index (χ3v) is 4.01. The molecule has 1 aliphatic rings. The van der Waals surface area contributed by atoms with Crippen LogP contribution in [0.4, 0.5) is 18.9 Å². The number of hydrogen-bond donors (Lipinski definition) is 0. The third kappa shape index (κ3) is 4.29. The van der Waals surface area contributed by atoms with E-state index >= 15 is 0 Å². The van der Waals surface area contributed by atoms with Gasteiger partial charge in [-0.3, -0.25) is 9.78 Å². The molecule has 1 aromatic heterocycles. The summed E-state index contributed by atoms with van der Waals surface area (Å²) in [6, 6.07) is 6.71. The number of pyridine rings is 1. The van der Waals surface area contributed by atoms with Crippen LogP contribution >= 0.6 is 11.6 Å². The van der Waals surface area contributed by atoms with Crippen molar-refractivity contribution in [1.82, 2.24) is 4.98 Å². The van der Waals surface area contributed by atoms with Crippen LogP contribution < -0.4 is 4.90 Å². The number of aromatic nitrogens is 1. The van der Waals surface area contributed by atoms with Gasteiger partial charge in [-0.05, 0) is 41.8 Å². The predicted molar refractivity (Wildman–Crippen MR) is 86.8 cm³/mol. The van der Waals surface area contributed by atoms with Crippen LogP contribution in [0.2, 0.25) is 5.02 Å². The maximum absolute atomic E-state index is 12.7. The van der Waals surface area contributed by atoms with E-state index in [4.69, 9.17) is 11.6 Å². The average molecular weight is 371 g/mol. The van der Waals surface area contributed by atoms with Gasteiger partial charge in [0, 0.05) is 23.3 Å². The monoisotopic (exact) mass is 370 g/mol. The van der Waals surface area contributed by atoms with Crippen molar-refractivity contribution in [1.29, 1.82) is 0 Å². The number of carbonyl (C=O) groups is 1. The molecule has 0 N–H and O–H groups in total. The summed E-state index contributed by atoms with van der Waals surface area (Å²) in [6.45, 7) is -1.11. The maximum Gasteiger partial charge on any atom is 0.411 e. The fourth-order valence-electron chi connectivity index (χ4n) is 2.69. The number of benzene rings is 1. The molecule has 0 saturated carbocycles. The van der Waals surface area contributed by atoms with Crippen LogP contribution in [-0.4, -0.2) is 30.2 Å². The van der Waals surface area contributed by atoms with Gasteiger partial charge in [0.2, 0.25) is 0 Å². The van der Waals surface area contributed by atoms with Crippen LogP contribution in [-0.2, 0) is 17.8 Å². The molecule has 0 unspecified atom stereocenters. The molecular formula is C17H14ClF3N2O2. The maximum atomic E-state index is 12.7. The fourth-order valence-corrected chi connectivity index (χ4v) is 2.88. The van der Waals surface area contributed by atoms with E-state index in [1.54, 1.807) is 29.2 Å². The smallest absolute Gasteiger partial charge is 0.367 e. The molecule has 0 radical (unpaired) electrons. The van der Waals surface area contributed by atoms with Crippen molar-refractivity contribution >= 4 is 23.2 Å². The number of carbonyl (C=O) groups excluding carboxylic acids is 1. The van der Waals surface area contributed by atoms with Crippen molar-refractivity contribution in [2.45, 2.75) is 19.2 Å². The lowest BCUT2D eigenvalue weighted by atomic mass is 9.98. The molecule has 0 fully saturated rings. The first-order chi connectivity index (χ1) is 11.8. The number of nitrogens with zero attached hydrogens (tertiary/aromatic N) is 2. The van der Waals surface area contributed by atoms with Gasteiger partial charge >= 0.3 is 6.18 Å². The van der Waals surface area contributed by atoms with Gasteiger partial charge in [-0.25, -0.2) is 0 Å². The Balaban J connectivity index is 1.75. The van der Waals surface area contributed by atoms with Crippen LogP contribution in [0.25, 0.3) is 0 Å². The van der Waals surface area contributed by atoms with E-state index in [0.717, 1.165) is 5.56 Å². The Kier molecular flexibility index (Phi) is 4.96. The highest BCUT2D eigenvalue weighted by atomic mass is 35.5. The topological polar surface area (TPSA) is 42.4 Å². The Morgan fingerprint density at radius 2 is 2.04 bits per heavy atom. The Morgan fingerprint density at radius 3 is 2.80 bits per heavy atom. The van der Waals surface area contributed by atoms with Gasteiger partial charge in [-0.15, -0.1) is 0 Å². The van der Waals surface area contributed by atoms with E-state index in [9.17, 15) is 18.0 Å². The van der Waals surface area contributed by atoms with Gasteiger partial charge in [0.1, 0.15) is 6.61 Å². The number of amides is 1. The highest BCUT2D eigenvalue weighted by Crippen LogP contribution is 2.27. The number of halogens is 4. The quantitative estimate of drug-likeness (QED) is 0.816. The molecule has 1 amide bonds. The number of rotatable bonds is 4. The van der Waals surface area contributed by atoms with E-state index in [0.29, 0.717) is 34.8 Å². The summed E-state index contributed by atoms with van der Waals surface area (Å²) in [7, 11) is 0. The largest absolute Gasteiger partial charge is 0.411 e. The van der Waals surface area contributed by atoms with Crippen molar-refractivity contribution in [2.24, 2.45) is 0 Å². The molecule has 4 nitrogen and oxygen atoms in total. The summed E-state index contributed by atoms with van der Waals surface area (Å²) >= 11 is 5.95. The average Bonchev–Trinajstić information content (AvgIpc) is 2.54. The van der Waals surface area contributed by atoms with Crippen molar-refractivity contribution in [3.05, 3.63) is 58.4 Å².